The van der Waals surface area contributed by atoms with E-state index in [1.54, 1.807) is 0 Å². The van der Waals surface area contributed by atoms with Gasteiger partial charge in [0.1, 0.15) is 5.76 Å². The third-order valence-electron chi connectivity index (χ3n) is 3.28. The van der Waals surface area contributed by atoms with Crippen molar-refractivity contribution in [3.63, 3.8) is 0 Å². The van der Waals surface area contributed by atoms with Crippen LogP contribution in [0.2, 0.25) is 0 Å². The Labute approximate surface area is 91.3 Å². The minimum Gasteiger partial charge on any atom is -0.444 e. The van der Waals surface area contributed by atoms with Crippen molar-refractivity contribution in [2.75, 3.05) is 6.54 Å². The van der Waals surface area contributed by atoms with E-state index in [4.69, 9.17) is 4.42 Å². The number of rotatable bonds is 4. The lowest BCUT2D eigenvalue weighted by Crippen LogP contribution is -2.17. The molecule has 0 saturated heterocycles. The van der Waals surface area contributed by atoms with E-state index >= 15 is 0 Å². The van der Waals surface area contributed by atoms with E-state index < -0.39 is 0 Å². The zero-order valence-corrected chi connectivity index (χ0v) is 10.0. The molecule has 15 heavy (non-hydrogen) atoms. The van der Waals surface area contributed by atoms with Gasteiger partial charge in [0.25, 0.3) is 0 Å². The number of nitrogens with one attached hydrogen (secondary N) is 1. The summed E-state index contributed by atoms with van der Waals surface area (Å²) in [5.74, 6) is 2.45. The molecule has 2 rings (SSSR count). The monoisotopic (exact) mass is 208 g/mol. The minimum absolute atomic E-state index is 0.214. The summed E-state index contributed by atoms with van der Waals surface area (Å²) in [6, 6.07) is 0.214. The summed E-state index contributed by atoms with van der Waals surface area (Å²) >= 11 is 0. The smallest absolute Gasteiger partial charge is 0.211 e. The van der Waals surface area contributed by atoms with Gasteiger partial charge in [-0.1, -0.05) is 20.8 Å². The SMILES string of the molecule is CCNC(C)c1ncc(C2CC2(C)C)o1. The Kier molecular flexibility index (Phi) is 2.59. The summed E-state index contributed by atoms with van der Waals surface area (Å²) in [5, 5.41) is 3.30. The van der Waals surface area contributed by atoms with E-state index in [1.165, 1.54) is 6.42 Å². The average molecular weight is 208 g/mol. The third-order valence-corrected chi connectivity index (χ3v) is 3.28. The van der Waals surface area contributed by atoms with Gasteiger partial charge in [0.2, 0.25) is 5.89 Å². The molecule has 0 aromatic carbocycles. The van der Waals surface area contributed by atoms with Crippen molar-refractivity contribution >= 4 is 0 Å². The molecule has 3 nitrogen and oxygen atoms in total. The molecule has 0 aliphatic heterocycles. The summed E-state index contributed by atoms with van der Waals surface area (Å²) < 4.78 is 5.78. The number of aromatic nitrogens is 1. The van der Waals surface area contributed by atoms with Crippen molar-refractivity contribution in [3.05, 3.63) is 17.8 Å². The zero-order chi connectivity index (χ0) is 11.1. The number of oxazole rings is 1. The van der Waals surface area contributed by atoms with E-state index in [2.05, 4.69) is 38.0 Å². The van der Waals surface area contributed by atoms with E-state index in [9.17, 15) is 0 Å². The van der Waals surface area contributed by atoms with Gasteiger partial charge in [-0.05, 0) is 25.3 Å². The second kappa shape index (κ2) is 3.63. The minimum atomic E-state index is 0.214. The molecule has 0 bridgehead atoms. The van der Waals surface area contributed by atoms with Crippen LogP contribution in [0.5, 0.6) is 0 Å². The van der Waals surface area contributed by atoms with Crippen LogP contribution in [-0.2, 0) is 0 Å². The Morgan fingerprint density at radius 1 is 1.67 bits per heavy atom. The first-order valence-electron chi connectivity index (χ1n) is 5.73. The van der Waals surface area contributed by atoms with Gasteiger partial charge >= 0.3 is 0 Å². The van der Waals surface area contributed by atoms with Crippen molar-refractivity contribution in [2.45, 2.75) is 46.1 Å². The summed E-state index contributed by atoms with van der Waals surface area (Å²) in [4.78, 5) is 4.33. The van der Waals surface area contributed by atoms with E-state index in [-0.39, 0.29) is 6.04 Å². The van der Waals surface area contributed by atoms with Crippen LogP contribution < -0.4 is 5.32 Å². The fourth-order valence-electron chi connectivity index (χ4n) is 2.01. The quantitative estimate of drug-likeness (QED) is 0.826. The number of hydrogen-bond acceptors (Lipinski definition) is 3. The molecule has 2 unspecified atom stereocenters. The summed E-state index contributed by atoms with van der Waals surface area (Å²) in [7, 11) is 0. The Hall–Kier alpha value is -0.830. The second-order valence-corrected chi connectivity index (χ2v) is 5.13. The lowest BCUT2D eigenvalue weighted by molar-refractivity contribution is 0.391. The van der Waals surface area contributed by atoms with Gasteiger partial charge in [-0.25, -0.2) is 4.98 Å². The zero-order valence-electron chi connectivity index (χ0n) is 10.0. The van der Waals surface area contributed by atoms with Crippen molar-refractivity contribution in [3.8, 4) is 0 Å². The largest absolute Gasteiger partial charge is 0.444 e. The molecule has 0 amide bonds. The highest BCUT2D eigenvalue weighted by molar-refractivity contribution is 5.17. The van der Waals surface area contributed by atoms with Crippen LogP contribution in [0.15, 0.2) is 10.6 Å². The third kappa shape index (κ3) is 2.07. The predicted molar refractivity (Wildman–Crippen MR) is 59.7 cm³/mol. The molecule has 1 aliphatic rings. The van der Waals surface area contributed by atoms with Crippen LogP contribution in [0.1, 0.15) is 57.7 Å². The maximum absolute atomic E-state index is 5.78. The predicted octanol–water partition coefficient (Wildman–Crippen LogP) is 2.86. The summed E-state index contributed by atoms with van der Waals surface area (Å²) in [6.07, 6.45) is 3.11. The van der Waals surface area contributed by atoms with Crippen LogP contribution in [0.25, 0.3) is 0 Å². The highest BCUT2D eigenvalue weighted by Gasteiger charge is 2.48. The lowest BCUT2D eigenvalue weighted by atomic mass is 10.1. The molecule has 1 saturated carbocycles. The van der Waals surface area contributed by atoms with Crippen LogP contribution in [-0.4, -0.2) is 11.5 Å². The fraction of sp³-hybridized carbons (Fsp3) is 0.750. The molecule has 1 heterocycles. The molecule has 1 N–H and O–H groups in total. The topological polar surface area (TPSA) is 38.1 Å². The molecule has 1 aromatic heterocycles. The van der Waals surface area contributed by atoms with E-state index in [0.717, 1.165) is 18.2 Å². The molecule has 3 heteroatoms. The number of nitrogens with zero attached hydrogens (tertiary/aromatic N) is 1. The van der Waals surface area contributed by atoms with Crippen LogP contribution in [0, 0.1) is 5.41 Å². The molecule has 1 aliphatic carbocycles. The van der Waals surface area contributed by atoms with Gasteiger partial charge in [-0.15, -0.1) is 0 Å². The highest BCUT2D eigenvalue weighted by Crippen LogP contribution is 2.58. The Bertz CT molecular complexity index is 343. The second-order valence-electron chi connectivity index (χ2n) is 5.13. The molecule has 0 spiro atoms. The molecule has 0 radical (unpaired) electrons. The maximum atomic E-state index is 5.78. The van der Waals surface area contributed by atoms with Crippen LogP contribution in [0.3, 0.4) is 0 Å². The van der Waals surface area contributed by atoms with Crippen molar-refractivity contribution < 1.29 is 4.42 Å². The van der Waals surface area contributed by atoms with E-state index in [1.807, 2.05) is 6.20 Å². The summed E-state index contributed by atoms with van der Waals surface area (Å²) in [6.45, 7) is 9.65. The highest BCUT2D eigenvalue weighted by atomic mass is 16.4. The van der Waals surface area contributed by atoms with E-state index in [0.29, 0.717) is 11.3 Å². The van der Waals surface area contributed by atoms with Gasteiger partial charge in [0.05, 0.1) is 12.2 Å². The first-order valence-corrected chi connectivity index (χ1v) is 5.73. The Morgan fingerprint density at radius 3 is 2.87 bits per heavy atom. The first kappa shape index (κ1) is 10.7. The van der Waals surface area contributed by atoms with Crippen molar-refractivity contribution in [1.82, 2.24) is 10.3 Å². The van der Waals surface area contributed by atoms with Crippen LogP contribution >= 0.6 is 0 Å². The average Bonchev–Trinajstić information content (AvgIpc) is 2.66. The Morgan fingerprint density at radius 2 is 2.33 bits per heavy atom. The fourth-order valence-corrected chi connectivity index (χ4v) is 2.01. The van der Waals surface area contributed by atoms with Gasteiger partial charge in [0, 0.05) is 5.92 Å². The normalized spacial score (nSPS) is 25.2. The van der Waals surface area contributed by atoms with Crippen molar-refractivity contribution in [2.24, 2.45) is 5.41 Å². The molecule has 2 atom stereocenters. The summed E-state index contributed by atoms with van der Waals surface area (Å²) in [5.41, 5.74) is 0.415. The lowest BCUT2D eigenvalue weighted by Gasteiger charge is -2.06. The molecular weight excluding hydrogens is 188 g/mol. The standard InChI is InChI=1S/C12H20N2O/c1-5-13-8(2)11-14-7-10(15-11)9-6-12(9,3)4/h7-9,13H,5-6H2,1-4H3. The molecular formula is C12H20N2O. The van der Waals surface area contributed by atoms with Gasteiger partial charge in [0.15, 0.2) is 0 Å². The van der Waals surface area contributed by atoms with Gasteiger partial charge < -0.3 is 9.73 Å². The number of hydrogen-bond donors (Lipinski definition) is 1. The van der Waals surface area contributed by atoms with Crippen LogP contribution in [0.4, 0.5) is 0 Å². The maximum Gasteiger partial charge on any atom is 0.211 e. The van der Waals surface area contributed by atoms with Crippen molar-refractivity contribution in [1.29, 1.82) is 0 Å². The first-order chi connectivity index (χ1) is 7.04. The molecule has 84 valence electrons. The Balaban J connectivity index is 2.05. The molecule has 1 fully saturated rings. The van der Waals surface area contributed by atoms with Gasteiger partial charge in [-0.3, -0.25) is 0 Å². The molecule has 1 aromatic rings. The van der Waals surface area contributed by atoms with Gasteiger partial charge in [-0.2, -0.15) is 0 Å².